The van der Waals surface area contributed by atoms with Crippen LogP contribution in [-0.2, 0) is 4.74 Å². The molecule has 0 radical (unpaired) electrons. The Kier molecular flexibility index (Phi) is 4.19. The van der Waals surface area contributed by atoms with Gasteiger partial charge in [0.15, 0.2) is 0 Å². The zero-order chi connectivity index (χ0) is 15.7. The van der Waals surface area contributed by atoms with Gasteiger partial charge in [-0.15, -0.1) is 11.8 Å². The minimum atomic E-state index is -0.128. The van der Waals surface area contributed by atoms with Gasteiger partial charge in [-0.25, -0.2) is 4.99 Å². The van der Waals surface area contributed by atoms with Crippen LogP contribution in [-0.4, -0.2) is 36.8 Å². The number of hydrogen-bond donors (Lipinski definition) is 1. The van der Waals surface area contributed by atoms with Crippen LogP contribution in [0, 0.1) is 0 Å². The largest absolute Gasteiger partial charge is 0.497 e. The van der Waals surface area contributed by atoms with Crippen molar-refractivity contribution in [3.8, 4) is 5.75 Å². The molecule has 118 valence electrons. The van der Waals surface area contributed by atoms with E-state index in [9.17, 15) is 0 Å². The molecule has 0 saturated heterocycles. The molecule has 22 heavy (non-hydrogen) atoms. The first-order valence-corrected chi connectivity index (χ1v) is 8.69. The maximum Gasteiger partial charge on any atom is 0.134 e. The van der Waals surface area contributed by atoms with Crippen LogP contribution in [0.15, 0.2) is 40.5 Å². The maximum atomic E-state index is 5.94. The van der Waals surface area contributed by atoms with Gasteiger partial charge >= 0.3 is 0 Å². The van der Waals surface area contributed by atoms with Crippen LogP contribution in [0.4, 0.5) is 0 Å². The van der Waals surface area contributed by atoms with Gasteiger partial charge in [0.25, 0.3) is 0 Å². The van der Waals surface area contributed by atoms with Gasteiger partial charge in [-0.1, -0.05) is 0 Å². The van der Waals surface area contributed by atoms with Crippen molar-refractivity contribution in [1.82, 2.24) is 5.32 Å². The molecule has 0 fully saturated rings. The van der Waals surface area contributed by atoms with E-state index < -0.39 is 0 Å². The third-order valence-electron chi connectivity index (χ3n) is 4.01. The average molecular weight is 318 g/mol. The molecule has 0 spiro atoms. The molecule has 2 heterocycles. The van der Waals surface area contributed by atoms with Gasteiger partial charge in [0.2, 0.25) is 0 Å². The normalized spacial score (nSPS) is 23.5. The zero-order valence-electron chi connectivity index (χ0n) is 13.5. The van der Waals surface area contributed by atoms with Gasteiger partial charge < -0.3 is 14.8 Å². The van der Waals surface area contributed by atoms with Crippen molar-refractivity contribution in [3.05, 3.63) is 41.1 Å². The Labute approximate surface area is 136 Å². The molecule has 5 heteroatoms. The topological polar surface area (TPSA) is 42.9 Å². The number of ether oxygens (including phenoxy) is 2. The molecule has 4 nitrogen and oxygen atoms in total. The molecule has 2 aliphatic rings. The fraction of sp³-hybridized carbons (Fsp3) is 0.471. The minimum absolute atomic E-state index is 0.128. The van der Waals surface area contributed by atoms with Crippen molar-refractivity contribution in [2.45, 2.75) is 31.2 Å². The van der Waals surface area contributed by atoms with E-state index in [0.29, 0.717) is 6.61 Å². The van der Waals surface area contributed by atoms with Crippen molar-refractivity contribution in [3.63, 3.8) is 0 Å². The molecule has 1 aromatic carbocycles. The molecular formula is C17H22N2O2S. The van der Waals surface area contributed by atoms with Crippen molar-refractivity contribution in [1.29, 1.82) is 0 Å². The predicted molar refractivity (Wildman–Crippen MR) is 91.6 cm³/mol. The summed E-state index contributed by atoms with van der Waals surface area (Å²) in [6, 6.07) is 8.01. The van der Waals surface area contributed by atoms with E-state index in [1.807, 2.05) is 24.3 Å². The molecule has 1 unspecified atom stereocenters. The van der Waals surface area contributed by atoms with Crippen LogP contribution >= 0.6 is 11.8 Å². The van der Waals surface area contributed by atoms with Crippen molar-refractivity contribution >= 4 is 17.6 Å². The van der Waals surface area contributed by atoms with Gasteiger partial charge in [0, 0.05) is 23.3 Å². The number of methoxy groups -OCH3 is 1. The van der Waals surface area contributed by atoms with Crippen molar-refractivity contribution in [2.75, 3.05) is 20.0 Å². The van der Waals surface area contributed by atoms with E-state index in [-0.39, 0.29) is 11.0 Å². The number of amidine groups is 1. The van der Waals surface area contributed by atoms with E-state index >= 15 is 0 Å². The summed E-state index contributed by atoms with van der Waals surface area (Å²) in [6.45, 7) is 4.91. The second-order valence-corrected chi connectivity index (χ2v) is 7.07. The SMILES string of the molecule is COc1ccc(C2=NC(SC)C3=C(CC(C)(C)OC3)N2)cc1. The van der Waals surface area contributed by atoms with E-state index in [1.54, 1.807) is 18.9 Å². The van der Waals surface area contributed by atoms with Gasteiger partial charge in [-0.2, -0.15) is 0 Å². The van der Waals surface area contributed by atoms with Crippen LogP contribution in [0.3, 0.4) is 0 Å². The summed E-state index contributed by atoms with van der Waals surface area (Å²) in [6.07, 6.45) is 2.98. The molecule has 0 saturated carbocycles. The van der Waals surface area contributed by atoms with Gasteiger partial charge in [-0.05, 0) is 44.4 Å². The lowest BCUT2D eigenvalue weighted by Gasteiger charge is -2.38. The lowest BCUT2D eigenvalue weighted by Crippen LogP contribution is -2.42. The first kappa shape index (κ1) is 15.4. The van der Waals surface area contributed by atoms with Crippen LogP contribution in [0.5, 0.6) is 5.75 Å². The monoisotopic (exact) mass is 318 g/mol. The number of rotatable bonds is 3. The third kappa shape index (κ3) is 3.01. The molecule has 0 amide bonds. The summed E-state index contributed by atoms with van der Waals surface area (Å²) >= 11 is 1.75. The standard InChI is InChI=1S/C17H22N2O2S/c1-17(2)9-14-13(10-21-17)16(22-4)19-15(18-14)11-5-7-12(20-3)8-6-11/h5-8,16H,9-10H2,1-4H3,(H,18,19). The first-order chi connectivity index (χ1) is 10.5. The summed E-state index contributed by atoms with van der Waals surface area (Å²) in [5.74, 6) is 1.78. The average Bonchev–Trinajstić information content (AvgIpc) is 2.52. The molecular weight excluding hydrogens is 296 g/mol. The highest BCUT2D eigenvalue weighted by atomic mass is 32.2. The number of hydrogen-bond acceptors (Lipinski definition) is 5. The smallest absolute Gasteiger partial charge is 0.134 e. The fourth-order valence-electron chi connectivity index (χ4n) is 2.76. The third-order valence-corrected chi connectivity index (χ3v) is 4.85. The summed E-state index contributed by atoms with van der Waals surface area (Å²) in [5.41, 5.74) is 3.48. The van der Waals surface area contributed by atoms with Gasteiger partial charge in [-0.3, -0.25) is 0 Å². The van der Waals surface area contributed by atoms with E-state index in [2.05, 4.69) is 25.4 Å². The highest BCUT2D eigenvalue weighted by Crippen LogP contribution is 2.35. The van der Waals surface area contributed by atoms with Crippen LogP contribution < -0.4 is 10.1 Å². The molecule has 1 atom stereocenters. The predicted octanol–water partition coefficient (Wildman–Crippen LogP) is 3.19. The Morgan fingerprint density at radius 1 is 1.32 bits per heavy atom. The minimum Gasteiger partial charge on any atom is -0.497 e. The zero-order valence-corrected chi connectivity index (χ0v) is 14.3. The van der Waals surface area contributed by atoms with Gasteiger partial charge in [0.05, 0.1) is 19.3 Å². The first-order valence-electron chi connectivity index (χ1n) is 7.40. The lowest BCUT2D eigenvalue weighted by atomic mass is 9.95. The van der Waals surface area contributed by atoms with Gasteiger partial charge in [0.1, 0.15) is 17.0 Å². The summed E-state index contributed by atoms with van der Waals surface area (Å²) < 4.78 is 11.2. The summed E-state index contributed by atoms with van der Waals surface area (Å²) in [4.78, 5) is 4.85. The second kappa shape index (κ2) is 5.97. The molecule has 2 aliphatic heterocycles. The summed E-state index contributed by atoms with van der Waals surface area (Å²) in [7, 11) is 1.68. The highest BCUT2D eigenvalue weighted by Gasteiger charge is 2.34. The quantitative estimate of drug-likeness (QED) is 0.929. The fourth-order valence-corrected chi connectivity index (χ4v) is 3.46. The second-order valence-electron chi connectivity index (χ2n) is 6.15. The lowest BCUT2D eigenvalue weighted by molar-refractivity contribution is -0.0168. The summed E-state index contributed by atoms with van der Waals surface area (Å²) in [5, 5.41) is 3.65. The Morgan fingerprint density at radius 2 is 2.05 bits per heavy atom. The van der Waals surface area contributed by atoms with Crippen molar-refractivity contribution < 1.29 is 9.47 Å². The molecule has 1 aromatic rings. The molecule has 3 rings (SSSR count). The number of nitrogens with one attached hydrogen (secondary N) is 1. The van der Waals surface area contributed by atoms with Crippen LogP contribution in [0.1, 0.15) is 25.8 Å². The molecule has 0 aliphatic carbocycles. The maximum absolute atomic E-state index is 5.94. The Hall–Kier alpha value is -1.46. The number of thioether (sulfide) groups is 1. The Bertz CT molecular complexity index is 620. The molecule has 0 bridgehead atoms. The number of benzene rings is 1. The van der Waals surface area contributed by atoms with E-state index in [0.717, 1.165) is 23.6 Å². The van der Waals surface area contributed by atoms with E-state index in [4.69, 9.17) is 14.5 Å². The highest BCUT2D eigenvalue weighted by molar-refractivity contribution is 7.99. The Morgan fingerprint density at radius 3 is 2.68 bits per heavy atom. The Balaban J connectivity index is 1.89. The van der Waals surface area contributed by atoms with E-state index in [1.165, 1.54) is 11.3 Å². The van der Waals surface area contributed by atoms with Crippen LogP contribution in [0.25, 0.3) is 0 Å². The number of aliphatic imine (C=N–C) groups is 1. The van der Waals surface area contributed by atoms with Crippen molar-refractivity contribution in [2.24, 2.45) is 4.99 Å². The molecule has 1 N–H and O–H groups in total. The number of nitrogens with zero attached hydrogens (tertiary/aromatic N) is 1. The van der Waals surface area contributed by atoms with Crippen LogP contribution in [0.2, 0.25) is 0 Å². The molecule has 0 aromatic heterocycles.